The third kappa shape index (κ3) is 3.72. The highest BCUT2D eigenvalue weighted by Crippen LogP contribution is 2.31. The van der Waals surface area contributed by atoms with Crippen LogP contribution in [-0.2, 0) is 15.9 Å². The van der Waals surface area contributed by atoms with E-state index in [1.54, 1.807) is 16.7 Å². The molecule has 6 nitrogen and oxygen atoms in total. The summed E-state index contributed by atoms with van der Waals surface area (Å²) >= 11 is 0. The van der Waals surface area contributed by atoms with Crippen molar-refractivity contribution in [2.24, 2.45) is 0 Å². The maximum atomic E-state index is 14.5. The van der Waals surface area contributed by atoms with Crippen LogP contribution in [0.2, 0.25) is 0 Å². The number of ether oxygens (including phenoxy) is 2. The molecule has 4 rings (SSSR count). The Bertz CT molecular complexity index is 1090. The number of nitrogens with zero attached hydrogens (tertiary/aromatic N) is 3. The van der Waals surface area contributed by atoms with Crippen LogP contribution < -0.4 is 0 Å². The van der Waals surface area contributed by atoms with Gasteiger partial charge in [0.25, 0.3) is 0 Å². The number of aryl methyl sites for hydroxylation is 1. The van der Waals surface area contributed by atoms with Gasteiger partial charge in [0.2, 0.25) is 0 Å². The Morgan fingerprint density at radius 3 is 2.70 bits per heavy atom. The normalized spacial score (nSPS) is 16.8. The minimum atomic E-state index is -1.03. The molecule has 1 aromatic carbocycles. The van der Waals surface area contributed by atoms with E-state index < -0.39 is 35.2 Å². The van der Waals surface area contributed by atoms with Crippen molar-refractivity contribution in [3.8, 4) is 11.3 Å². The number of pyridine rings is 1. The number of fused-ring (bicyclic) bond motifs is 1. The second-order valence-electron chi connectivity index (χ2n) is 7.20. The average Bonchev–Trinajstić information content (AvgIpc) is 3.03. The van der Waals surface area contributed by atoms with E-state index in [9.17, 15) is 18.0 Å². The molecule has 3 heterocycles. The van der Waals surface area contributed by atoms with E-state index in [4.69, 9.17) is 9.47 Å². The maximum Gasteiger partial charge on any atom is 0.409 e. The number of aromatic nitrogens is 2. The first-order chi connectivity index (χ1) is 14.4. The van der Waals surface area contributed by atoms with Crippen molar-refractivity contribution in [1.82, 2.24) is 14.3 Å². The van der Waals surface area contributed by atoms with Crippen molar-refractivity contribution < 1.29 is 27.4 Å². The van der Waals surface area contributed by atoms with Crippen LogP contribution in [0.1, 0.15) is 11.3 Å². The van der Waals surface area contributed by atoms with Crippen molar-refractivity contribution >= 4 is 11.7 Å². The minimum Gasteiger partial charge on any atom is -0.453 e. The standard InChI is InChI=1S/C21H20F3N3O3/c1-12-3-4-27-17(10-14-11-26(5-6-30-14)21(28)29-2)20(25-18(27)7-12)19-15(23)8-13(22)9-16(19)24/h3-4,7-9,14H,5-6,10-11H2,1-2H3/t14-/m0/s1. The molecule has 0 radical (unpaired) electrons. The highest BCUT2D eigenvalue weighted by atomic mass is 19.1. The fourth-order valence-electron chi connectivity index (χ4n) is 3.71. The molecule has 158 valence electrons. The zero-order valence-electron chi connectivity index (χ0n) is 16.5. The number of hydrogen-bond donors (Lipinski definition) is 0. The molecule has 0 aliphatic carbocycles. The molecule has 1 saturated heterocycles. The molecule has 0 N–H and O–H groups in total. The number of rotatable bonds is 3. The van der Waals surface area contributed by atoms with Crippen molar-refractivity contribution in [1.29, 1.82) is 0 Å². The van der Waals surface area contributed by atoms with Crippen LogP contribution in [0, 0.1) is 24.4 Å². The van der Waals surface area contributed by atoms with Gasteiger partial charge in [-0.1, -0.05) is 0 Å². The zero-order chi connectivity index (χ0) is 21.4. The Labute approximate surface area is 170 Å². The van der Waals surface area contributed by atoms with Crippen LogP contribution in [-0.4, -0.2) is 53.3 Å². The smallest absolute Gasteiger partial charge is 0.409 e. The number of carbonyl (C=O) groups is 1. The number of amides is 1. The van der Waals surface area contributed by atoms with Crippen LogP contribution in [0.15, 0.2) is 30.5 Å². The first kappa shape index (κ1) is 20.2. The van der Waals surface area contributed by atoms with Gasteiger partial charge < -0.3 is 18.8 Å². The highest BCUT2D eigenvalue weighted by Gasteiger charge is 2.29. The average molecular weight is 419 g/mol. The van der Waals surface area contributed by atoms with Crippen molar-refractivity contribution in [3.63, 3.8) is 0 Å². The van der Waals surface area contributed by atoms with Crippen molar-refractivity contribution in [2.75, 3.05) is 26.8 Å². The van der Waals surface area contributed by atoms with E-state index >= 15 is 0 Å². The summed E-state index contributed by atoms with van der Waals surface area (Å²) in [5.74, 6) is -3.07. The molecule has 3 aromatic rings. The fraction of sp³-hybridized carbons (Fsp3) is 0.333. The van der Waals surface area contributed by atoms with Crippen molar-refractivity contribution in [2.45, 2.75) is 19.4 Å². The molecule has 1 aliphatic rings. The summed E-state index contributed by atoms with van der Waals surface area (Å²) in [5, 5.41) is 0. The number of methoxy groups -OCH3 is 1. The molecule has 9 heteroatoms. The molecule has 2 aromatic heterocycles. The monoisotopic (exact) mass is 419 g/mol. The highest BCUT2D eigenvalue weighted by molar-refractivity contribution is 5.69. The van der Waals surface area contributed by atoms with E-state index in [1.165, 1.54) is 12.0 Å². The topological polar surface area (TPSA) is 56.1 Å². The molecule has 1 atom stereocenters. The first-order valence-corrected chi connectivity index (χ1v) is 9.44. The zero-order valence-corrected chi connectivity index (χ0v) is 16.5. The van der Waals surface area contributed by atoms with Gasteiger partial charge in [0.1, 0.15) is 23.1 Å². The third-order valence-corrected chi connectivity index (χ3v) is 5.12. The molecule has 1 fully saturated rings. The largest absolute Gasteiger partial charge is 0.453 e. The van der Waals surface area contributed by atoms with E-state index in [0.29, 0.717) is 36.6 Å². The van der Waals surface area contributed by atoms with Gasteiger partial charge in [-0.25, -0.2) is 22.9 Å². The maximum absolute atomic E-state index is 14.5. The quantitative estimate of drug-likeness (QED) is 0.649. The van der Waals surface area contributed by atoms with E-state index in [2.05, 4.69) is 4.98 Å². The Morgan fingerprint density at radius 1 is 1.27 bits per heavy atom. The van der Waals surface area contributed by atoms with Gasteiger partial charge >= 0.3 is 6.09 Å². The summed E-state index contributed by atoms with van der Waals surface area (Å²) in [6.07, 6.45) is 1.11. The fourth-order valence-corrected chi connectivity index (χ4v) is 3.71. The van der Waals surface area contributed by atoms with Gasteiger partial charge in [-0.2, -0.15) is 0 Å². The van der Waals surface area contributed by atoms with Crippen LogP contribution in [0.3, 0.4) is 0 Å². The van der Waals surface area contributed by atoms with Crippen molar-refractivity contribution in [3.05, 3.63) is 59.2 Å². The number of halogens is 3. The second kappa shape index (κ2) is 7.98. The number of morpholine rings is 1. The lowest BCUT2D eigenvalue weighted by molar-refractivity contribution is -0.0241. The number of imidazole rings is 1. The van der Waals surface area contributed by atoms with Gasteiger partial charge in [0, 0.05) is 31.3 Å². The predicted octanol–water partition coefficient (Wildman–Crippen LogP) is 3.74. The SMILES string of the molecule is COC(=O)N1CCO[C@@H](Cc2c(-c3c(F)cc(F)cc3F)nc3cc(C)ccn23)C1. The van der Waals surface area contributed by atoms with Crippen LogP contribution in [0.25, 0.3) is 16.9 Å². The van der Waals surface area contributed by atoms with Gasteiger partial charge in [0.15, 0.2) is 0 Å². The molecular weight excluding hydrogens is 399 g/mol. The summed E-state index contributed by atoms with van der Waals surface area (Å²) in [7, 11) is 1.30. The van der Waals surface area contributed by atoms with Crippen LogP contribution >= 0.6 is 0 Å². The molecule has 30 heavy (non-hydrogen) atoms. The van der Waals surface area contributed by atoms with Gasteiger partial charge in [-0.15, -0.1) is 0 Å². The number of hydrogen-bond acceptors (Lipinski definition) is 4. The number of carbonyl (C=O) groups excluding carboxylic acids is 1. The van der Waals surface area contributed by atoms with E-state index in [0.717, 1.165) is 5.56 Å². The molecular formula is C21H20F3N3O3. The van der Waals surface area contributed by atoms with Crippen LogP contribution in [0.4, 0.5) is 18.0 Å². The Hall–Kier alpha value is -3.07. The number of benzene rings is 1. The van der Waals surface area contributed by atoms with Crippen LogP contribution in [0.5, 0.6) is 0 Å². The van der Waals surface area contributed by atoms with Gasteiger partial charge in [-0.3, -0.25) is 0 Å². The minimum absolute atomic E-state index is 0.0781. The van der Waals surface area contributed by atoms with E-state index in [-0.39, 0.29) is 18.7 Å². The molecule has 0 spiro atoms. The lowest BCUT2D eigenvalue weighted by Crippen LogP contribution is -2.46. The van der Waals surface area contributed by atoms with E-state index in [1.807, 2.05) is 13.0 Å². The Morgan fingerprint density at radius 2 is 2.00 bits per heavy atom. The molecule has 0 unspecified atom stereocenters. The molecule has 0 bridgehead atoms. The summed E-state index contributed by atoms with van der Waals surface area (Å²) in [5.41, 5.74) is 1.62. The Balaban J connectivity index is 1.79. The lowest BCUT2D eigenvalue weighted by atomic mass is 10.0. The molecule has 0 saturated carbocycles. The second-order valence-corrected chi connectivity index (χ2v) is 7.20. The molecule has 1 aliphatic heterocycles. The predicted molar refractivity (Wildman–Crippen MR) is 103 cm³/mol. The summed E-state index contributed by atoms with van der Waals surface area (Å²) in [6.45, 7) is 2.85. The molecule has 1 amide bonds. The van der Waals surface area contributed by atoms with Gasteiger partial charge in [-0.05, 0) is 24.6 Å². The summed E-state index contributed by atoms with van der Waals surface area (Å²) < 4.78 is 54.8. The van der Waals surface area contributed by atoms with Gasteiger partial charge in [0.05, 0.1) is 43.3 Å². The lowest BCUT2D eigenvalue weighted by Gasteiger charge is -2.32. The summed E-state index contributed by atoms with van der Waals surface area (Å²) in [4.78, 5) is 17.8. The summed E-state index contributed by atoms with van der Waals surface area (Å²) in [6, 6.07) is 4.90. The third-order valence-electron chi connectivity index (χ3n) is 5.12. The first-order valence-electron chi connectivity index (χ1n) is 9.44. The Kier molecular flexibility index (Phi) is 5.38.